The van der Waals surface area contributed by atoms with Crippen molar-refractivity contribution in [2.45, 2.75) is 25.6 Å². The lowest BCUT2D eigenvalue weighted by atomic mass is 9.93. The van der Waals surface area contributed by atoms with Crippen LogP contribution in [0, 0.1) is 0 Å². The van der Waals surface area contributed by atoms with Crippen molar-refractivity contribution >= 4 is 46.4 Å². The summed E-state index contributed by atoms with van der Waals surface area (Å²) < 4.78 is 44.1. The zero-order chi connectivity index (χ0) is 32.2. The topological polar surface area (TPSA) is 89.8 Å². The van der Waals surface area contributed by atoms with Gasteiger partial charge in [-0.05, 0) is 70.1 Å². The molecule has 8 nitrogen and oxygen atoms in total. The molecule has 2 aliphatic rings. The molecule has 0 saturated heterocycles. The monoisotopic (exact) mass is 728 g/mol. The molecule has 47 heavy (non-hydrogen) atoms. The minimum absolute atomic E-state index is 0.0428. The van der Waals surface area contributed by atoms with Crippen molar-refractivity contribution in [1.29, 1.82) is 0 Å². The number of hydrogen-bond acceptors (Lipinski definition) is 7. The number of fused-ring (bicyclic) bond motifs is 1. The molecule has 0 saturated carbocycles. The Morgan fingerprint density at radius 1 is 0.894 bits per heavy atom. The standard InChI is InChI=1S/C36H30BrN2O6PS/c37-31-21-34-33(42-24-43-34)19-28(31)22-39-32(35-12-7-17-47-35)18-27(26-15-13-25(23-40)14-16-26)20-36(39)38-46(41,44-29-8-3-1-4-9-29)45-30-10-5-2-6-11-30/h1-19,21,32,40H,20,22-24H2/b38-36-. The van der Waals surface area contributed by atoms with Crippen molar-refractivity contribution in [3.8, 4) is 23.0 Å². The Morgan fingerprint density at radius 2 is 1.55 bits per heavy atom. The smallest absolute Gasteiger partial charge is 0.454 e. The summed E-state index contributed by atoms with van der Waals surface area (Å²) in [5, 5.41) is 11.7. The van der Waals surface area contributed by atoms with Crippen LogP contribution in [-0.2, 0) is 17.7 Å². The molecule has 5 aromatic rings. The molecule has 1 N–H and O–H groups in total. The summed E-state index contributed by atoms with van der Waals surface area (Å²) in [5.74, 6) is 2.63. The van der Waals surface area contributed by atoms with Crippen LogP contribution < -0.4 is 18.5 Å². The second kappa shape index (κ2) is 13.8. The number of rotatable bonds is 10. The van der Waals surface area contributed by atoms with Crippen molar-refractivity contribution in [3.05, 3.63) is 147 Å². The third-order valence-electron chi connectivity index (χ3n) is 7.77. The number of aliphatic hydroxyl groups is 1. The first-order valence-corrected chi connectivity index (χ1v) is 18.1. The highest BCUT2D eigenvalue weighted by Crippen LogP contribution is 2.52. The van der Waals surface area contributed by atoms with Gasteiger partial charge < -0.3 is 28.5 Å². The van der Waals surface area contributed by atoms with Crippen molar-refractivity contribution < 1.29 is 28.2 Å². The molecule has 0 radical (unpaired) electrons. The maximum Gasteiger partial charge on any atom is 0.564 e. The highest BCUT2D eigenvalue weighted by atomic mass is 79.9. The molecule has 0 bridgehead atoms. The molecule has 11 heteroatoms. The third kappa shape index (κ3) is 7.16. The van der Waals surface area contributed by atoms with Gasteiger partial charge in [-0.15, -0.1) is 16.1 Å². The van der Waals surface area contributed by atoms with Crippen molar-refractivity contribution in [2.24, 2.45) is 4.76 Å². The van der Waals surface area contributed by atoms with E-state index in [9.17, 15) is 9.67 Å². The molecule has 7 rings (SSSR count). The molecule has 1 aromatic heterocycles. The SMILES string of the molecule is O=P(/N=C1/CC(c2ccc(CO)cc2)=CC(c2cccs2)N1Cc1cc2c(cc1Br)OCO2)(Oc1ccccc1)Oc1ccccc1. The zero-order valence-electron chi connectivity index (χ0n) is 25.1. The van der Waals surface area contributed by atoms with E-state index in [0.29, 0.717) is 41.8 Å². The fourth-order valence-corrected chi connectivity index (χ4v) is 8.08. The predicted molar refractivity (Wildman–Crippen MR) is 187 cm³/mol. The molecule has 0 spiro atoms. The van der Waals surface area contributed by atoms with Crippen LogP contribution in [0.25, 0.3) is 5.57 Å². The molecule has 4 aromatic carbocycles. The Labute approximate surface area is 285 Å². The van der Waals surface area contributed by atoms with Crippen LogP contribution in [-0.4, -0.2) is 22.6 Å². The van der Waals surface area contributed by atoms with E-state index < -0.39 is 7.75 Å². The number of nitrogens with zero attached hydrogens (tertiary/aromatic N) is 2. The van der Waals surface area contributed by atoms with Gasteiger partial charge in [0.05, 0.1) is 12.6 Å². The Kier molecular flexibility index (Phi) is 9.18. The number of benzene rings is 4. The minimum Gasteiger partial charge on any atom is -0.454 e. The second-order valence-corrected chi connectivity index (χ2v) is 14.2. The number of halogens is 1. The summed E-state index contributed by atoms with van der Waals surface area (Å²) in [6, 6.07) is 33.4. The first-order valence-electron chi connectivity index (χ1n) is 14.9. The summed E-state index contributed by atoms with van der Waals surface area (Å²) in [7, 11) is -4.20. The zero-order valence-corrected chi connectivity index (χ0v) is 28.4. The molecular weight excluding hydrogens is 699 g/mol. The van der Waals surface area contributed by atoms with E-state index in [1.807, 2.05) is 84.2 Å². The summed E-state index contributed by atoms with van der Waals surface area (Å²) in [6.45, 7) is 0.527. The Balaban J connectivity index is 1.37. The average Bonchev–Trinajstić information content (AvgIpc) is 3.79. The number of hydrogen-bond donors (Lipinski definition) is 1. The number of thiophene rings is 1. The van der Waals surface area contributed by atoms with E-state index in [0.717, 1.165) is 31.6 Å². The highest BCUT2D eigenvalue weighted by molar-refractivity contribution is 9.10. The van der Waals surface area contributed by atoms with Crippen molar-refractivity contribution in [3.63, 3.8) is 0 Å². The summed E-state index contributed by atoms with van der Waals surface area (Å²) >= 11 is 5.37. The Bertz CT molecular complexity index is 1910. The Hall–Kier alpha value is -4.34. The average molecular weight is 730 g/mol. The fourth-order valence-electron chi connectivity index (χ4n) is 5.47. The van der Waals surface area contributed by atoms with Crippen LogP contribution >= 0.6 is 35.0 Å². The van der Waals surface area contributed by atoms with Crippen LogP contribution in [0.5, 0.6) is 23.0 Å². The lowest BCUT2D eigenvalue weighted by Gasteiger charge is -2.37. The van der Waals surface area contributed by atoms with Crippen LogP contribution in [0.3, 0.4) is 0 Å². The maximum absolute atomic E-state index is 14.8. The van der Waals surface area contributed by atoms with Gasteiger partial charge >= 0.3 is 7.75 Å². The van der Waals surface area contributed by atoms with Crippen LogP contribution in [0.15, 0.2) is 130 Å². The van der Waals surface area contributed by atoms with Gasteiger partial charge in [-0.1, -0.05) is 88.7 Å². The molecule has 238 valence electrons. The second-order valence-electron chi connectivity index (χ2n) is 10.9. The number of ether oxygens (including phenoxy) is 2. The third-order valence-corrected chi connectivity index (χ3v) is 10.8. The van der Waals surface area contributed by atoms with E-state index in [-0.39, 0.29) is 19.4 Å². The van der Waals surface area contributed by atoms with Crippen molar-refractivity contribution in [1.82, 2.24) is 4.90 Å². The molecule has 0 fully saturated rings. The normalized spacial score (nSPS) is 16.6. The van der Waals surface area contributed by atoms with E-state index in [4.69, 9.17) is 23.3 Å². The van der Waals surface area contributed by atoms with E-state index in [2.05, 4.69) is 33.0 Å². The molecule has 1 atom stereocenters. The highest BCUT2D eigenvalue weighted by Gasteiger charge is 2.36. The number of aliphatic hydroxyl groups excluding tert-OH is 1. The summed E-state index contributed by atoms with van der Waals surface area (Å²) in [5.41, 5.74) is 3.73. The summed E-state index contributed by atoms with van der Waals surface area (Å²) in [6.07, 6.45) is 2.57. The predicted octanol–water partition coefficient (Wildman–Crippen LogP) is 9.43. The van der Waals surface area contributed by atoms with Crippen LogP contribution in [0.4, 0.5) is 0 Å². The number of para-hydroxylation sites is 2. The number of amidine groups is 1. The molecule has 1 unspecified atom stereocenters. The van der Waals surface area contributed by atoms with Crippen LogP contribution in [0.1, 0.15) is 34.0 Å². The first kappa shape index (κ1) is 31.3. The van der Waals surface area contributed by atoms with Gasteiger partial charge in [0, 0.05) is 22.3 Å². The van der Waals surface area contributed by atoms with E-state index >= 15 is 0 Å². The molecule has 2 aliphatic heterocycles. The van der Waals surface area contributed by atoms with Gasteiger partial charge in [-0.2, -0.15) is 0 Å². The van der Waals surface area contributed by atoms with Gasteiger partial charge in [0.15, 0.2) is 11.5 Å². The molecule has 0 amide bonds. The first-order chi connectivity index (χ1) is 23.0. The fraction of sp³-hybridized carbons (Fsp3) is 0.139. The Morgan fingerprint density at radius 3 is 2.17 bits per heavy atom. The largest absolute Gasteiger partial charge is 0.564 e. The van der Waals surface area contributed by atoms with Gasteiger partial charge in [0.1, 0.15) is 17.3 Å². The van der Waals surface area contributed by atoms with Gasteiger partial charge in [0.25, 0.3) is 0 Å². The molecular formula is C36H30BrN2O6PS. The maximum atomic E-state index is 14.8. The van der Waals surface area contributed by atoms with Gasteiger partial charge in [-0.3, -0.25) is 0 Å². The van der Waals surface area contributed by atoms with E-state index in [1.165, 1.54) is 0 Å². The lowest BCUT2D eigenvalue weighted by Crippen LogP contribution is -2.36. The lowest BCUT2D eigenvalue weighted by molar-refractivity contribution is 0.174. The molecule has 3 heterocycles. The quantitative estimate of drug-likeness (QED) is 0.143. The van der Waals surface area contributed by atoms with Crippen LogP contribution in [0.2, 0.25) is 0 Å². The minimum atomic E-state index is -4.20. The van der Waals surface area contributed by atoms with E-state index in [1.54, 1.807) is 35.6 Å². The van der Waals surface area contributed by atoms with Gasteiger partial charge in [-0.25, -0.2) is 4.57 Å². The molecule has 0 aliphatic carbocycles. The van der Waals surface area contributed by atoms with Crippen molar-refractivity contribution in [2.75, 3.05) is 6.79 Å². The van der Waals surface area contributed by atoms with Gasteiger partial charge in [0.2, 0.25) is 6.79 Å². The summed E-state index contributed by atoms with van der Waals surface area (Å²) in [4.78, 5) is 3.22.